The Labute approximate surface area is 123 Å². The molecule has 0 saturated heterocycles. The highest BCUT2D eigenvalue weighted by Gasteiger charge is 2.09. The summed E-state index contributed by atoms with van der Waals surface area (Å²) in [4.78, 5) is 0. The van der Waals surface area contributed by atoms with E-state index in [0.29, 0.717) is 0 Å². The largest absolute Gasteiger partial charge is 0.505 e. The van der Waals surface area contributed by atoms with E-state index < -0.39 is 0 Å². The maximum absolute atomic E-state index is 9.52. The number of benzene rings is 2. The third-order valence-electron chi connectivity index (χ3n) is 2.98. The zero-order valence-electron chi connectivity index (χ0n) is 10.7. The summed E-state index contributed by atoms with van der Waals surface area (Å²) in [6, 6.07) is 11.8. The number of hydrogen-bond acceptors (Lipinski definition) is 2. The van der Waals surface area contributed by atoms with Gasteiger partial charge in [0.15, 0.2) is 5.75 Å². The van der Waals surface area contributed by atoms with Gasteiger partial charge in [0.25, 0.3) is 0 Å². The van der Waals surface area contributed by atoms with Crippen LogP contribution in [0.15, 0.2) is 36.4 Å². The Balaban J connectivity index is 2.19. The fourth-order valence-corrected chi connectivity index (χ4v) is 2.32. The molecule has 100 valence electrons. The monoisotopic (exact) mass is 295 g/mol. The zero-order chi connectivity index (χ0) is 14.0. The van der Waals surface area contributed by atoms with Gasteiger partial charge in [-0.25, -0.2) is 0 Å². The van der Waals surface area contributed by atoms with Gasteiger partial charge in [-0.2, -0.15) is 0 Å². The van der Waals surface area contributed by atoms with Gasteiger partial charge >= 0.3 is 0 Å². The van der Waals surface area contributed by atoms with Crippen LogP contribution in [0, 0.1) is 6.92 Å². The molecule has 0 aromatic heterocycles. The lowest BCUT2D eigenvalue weighted by Gasteiger charge is -2.17. The smallest absolute Gasteiger partial charge is 0.152 e. The van der Waals surface area contributed by atoms with Gasteiger partial charge in [0, 0.05) is 11.7 Å². The summed E-state index contributed by atoms with van der Waals surface area (Å²) in [5.41, 5.74) is 3.18. The van der Waals surface area contributed by atoms with Crippen molar-refractivity contribution in [2.75, 3.05) is 5.32 Å². The van der Waals surface area contributed by atoms with Crippen molar-refractivity contribution in [1.82, 2.24) is 0 Å². The third kappa shape index (κ3) is 3.34. The van der Waals surface area contributed by atoms with Gasteiger partial charge < -0.3 is 10.4 Å². The van der Waals surface area contributed by atoms with E-state index in [1.807, 2.05) is 0 Å². The molecule has 1 atom stereocenters. The highest BCUT2D eigenvalue weighted by Crippen LogP contribution is 2.35. The van der Waals surface area contributed by atoms with E-state index in [0.717, 1.165) is 5.69 Å². The number of nitrogens with one attached hydrogen (secondary N) is 1. The molecule has 2 aromatic carbocycles. The molecule has 2 rings (SSSR count). The molecule has 0 saturated carbocycles. The highest BCUT2D eigenvalue weighted by molar-refractivity contribution is 6.37. The number of anilines is 1. The highest BCUT2D eigenvalue weighted by atomic mass is 35.5. The van der Waals surface area contributed by atoms with E-state index in [-0.39, 0.29) is 21.8 Å². The number of halogens is 2. The summed E-state index contributed by atoms with van der Waals surface area (Å²) in [6.45, 7) is 4.11. The van der Waals surface area contributed by atoms with Gasteiger partial charge in [0.1, 0.15) is 0 Å². The average Bonchev–Trinajstić information content (AvgIpc) is 2.36. The van der Waals surface area contributed by atoms with Crippen molar-refractivity contribution in [3.63, 3.8) is 0 Å². The number of aryl methyl sites for hydroxylation is 1. The van der Waals surface area contributed by atoms with Crippen molar-refractivity contribution in [3.8, 4) is 5.75 Å². The first kappa shape index (κ1) is 14.0. The molecule has 0 fully saturated rings. The minimum atomic E-state index is -0.0862. The summed E-state index contributed by atoms with van der Waals surface area (Å²) in [7, 11) is 0. The Morgan fingerprint density at radius 2 is 1.58 bits per heavy atom. The topological polar surface area (TPSA) is 32.3 Å². The van der Waals surface area contributed by atoms with Crippen LogP contribution in [0.2, 0.25) is 10.0 Å². The molecule has 0 radical (unpaired) electrons. The summed E-state index contributed by atoms with van der Waals surface area (Å²) >= 11 is 11.8. The van der Waals surface area contributed by atoms with Crippen molar-refractivity contribution in [3.05, 3.63) is 57.6 Å². The summed E-state index contributed by atoms with van der Waals surface area (Å²) in [6.07, 6.45) is 0. The maximum atomic E-state index is 9.52. The van der Waals surface area contributed by atoms with Crippen LogP contribution < -0.4 is 5.32 Å². The predicted octanol–water partition coefficient (Wildman–Crippen LogP) is 5.18. The predicted molar refractivity (Wildman–Crippen MR) is 81.3 cm³/mol. The van der Waals surface area contributed by atoms with Crippen molar-refractivity contribution in [1.29, 1.82) is 0 Å². The van der Waals surface area contributed by atoms with Crippen LogP contribution in [-0.4, -0.2) is 5.11 Å². The first-order chi connectivity index (χ1) is 8.97. The molecular weight excluding hydrogens is 281 g/mol. The lowest BCUT2D eigenvalue weighted by molar-refractivity contribution is 0.476. The second-order valence-corrected chi connectivity index (χ2v) is 5.38. The van der Waals surface area contributed by atoms with Gasteiger partial charge in [-0.1, -0.05) is 53.0 Å². The van der Waals surface area contributed by atoms with Crippen LogP contribution in [0.25, 0.3) is 0 Å². The van der Waals surface area contributed by atoms with Crippen molar-refractivity contribution >= 4 is 28.9 Å². The van der Waals surface area contributed by atoms with E-state index >= 15 is 0 Å². The Kier molecular flexibility index (Phi) is 4.23. The third-order valence-corrected chi connectivity index (χ3v) is 3.55. The minimum Gasteiger partial charge on any atom is -0.505 e. The fraction of sp³-hybridized carbons (Fsp3) is 0.200. The van der Waals surface area contributed by atoms with Crippen molar-refractivity contribution < 1.29 is 5.11 Å². The molecular formula is C15H15Cl2NO. The van der Waals surface area contributed by atoms with Gasteiger partial charge in [-0.3, -0.25) is 0 Å². The standard InChI is InChI=1S/C15H15Cl2NO/c1-9-3-5-11(6-4-9)10(2)18-12-7-13(16)15(19)14(17)8-12/h3-8,10,18-19H,1-2H3. The first-order valence-corrected chi connectivity index (χ1v) is 6.74. The number of rotatable bonds is 3. The van der Waals surface area contributed by atoms with E-state index in [2.05, 4.69) is 43.4 Å². The normalized spacial score (nSPS) is 12.2. The number of hydrogen-bond donors (Lipinski definition) is 2. The molecule has 2 N–H and O–H groups in total. The molecule has 4 heteroatoms. The van der Waals surface area contributed by atoms with Gasteiger partial charge in [0.2, 0.25) is 0 Å². The fourth-order valence-electron chi connectivity index (χ4n) is 1.84. The van der Waals surface area contributed by atoms with Crippen LogP contribution in [0.4, 0.5) is 5.69 Å². The van der Waals surface area contributed by atoms with Crippen molar-refractivity contribution in [2.24, 2.45) is 0 Å². The molecule has 2 nitrogen and oxygen atoms in total. The van der Waals surface area contributed by atoms with Crippen LogP contribution in [0.1, 0.15) is 24.1 Å². The second-order valence-electron chi connectivity index (χ2n) is 4.57. The van der Waals surface area contributed by atoms with Crippen LogP contribution in [0.3, 0.4) is 0 Å². The quantitative estimate of drug-likeness (QED) is 0.765. The Hall–Kier alpha value is -1.38. The maximum Gasteiger partial charge on any atom is 0.152 e. The number of phenols is 1. The molecule has 0 spiro atoms. The molecule has 2 aromatic rings. The Morgan fingerprint density at radius 3 is 2.11 bits per heavy atom. The summed E-state index contributed by atoms with van der Waals surface area (Å²) in [5, 5.41) is 13.3. The van der Waals surface area contributed by atoms with E-state index in [1.54, 1.807) is 12.1 Å². The molecule has 19 heavy (non-hydrogen) atoms. The van der Waals surface area contributed by atoms with Gasteiger partial charge in [0.05, 0.1) is 10.0 Å². The molecule has 0 aliphatic heterocycles. The second kappa shape index (κ2) is 5.72. The lowest BCUT2D eigenvalue weighted by Crippen LogP contribution is -2.06. The van der Waals surface area contributed by atoms with Gasteiger partial charge in [-0.15, -0.1) is 0 Å². The van der Waals surface area contributed by atoms with E-state index in [4.69, 9.17) is 23.2 Å². The Bertz CT molecular complexity index is 558. The molecule has 0 amide bonds. The number of phenolic OH excluding ortho intramolecular Hbond substituents is 1. The summed E-state index contributed by atoms with van der Waals surface area (Å²) in [5.74, 6) is -0.0862. The first-order valence-electron chi connectivity index (χ1n) is 5.98. The minimum absolute atomic E-state index is 0.0862. The van der Waals surface area contributed by atoms with E-state index in [9.17, 15) is 5.11 Å². The van der Waals surface area contributed by atoms with E-state index in [1.165, 1.54) is 11.1 Å². The Morgan fingerprint density at radius 1 is 1.05 bits per heavy atom. The number of aromatic hydroxyl groups is 1. The molecule has 0 aliphatic carbocycles. The van der Waals surface area contributed by atoms with Crippen LogP contribution in [-0.2, 0) is 0 Å². The average molecular weight is 296 g/mol. The molecule has 0 heterocycles. The molecule has 1 unspecified atom stereocenters. The molecule has 0 bridgehead atoms. The molecule has 0 aliphatic rings. The SMILES string of the molecule is Cc1ccc(C(C)Nc2cc(Cl)c(O)c(Cl)c2)cc1. The van der Waals surface area contributed by atoms with Crippen LogP contribution >= 0.6 is 23.2 Å². The van der Waals surface area contributed by atoms with Crippen LogP contribution in [0.5, 0.6) is 5.75 Å². The lowest BCUT2D eigenvalue weighted by atomic mass is 10.1. The zero-order valence-corrected chi connectivity index (χ0v) is 12.3. The van der Waals surface area contributed by atoms with Gasteiger partial charge in [-0.05, 0) is 31.5 Å². The van der Waals surface area contributed by atoms with Crippen molar-refractivity contribution in [2.45, 2.75) is 19.9 Å². The summed E-state index contributed by atoms with van der Waals surface area (Å²) < 4.78 is 0.